The molecule has 1 aliphatic heterocycles. The maximum Gasteiger partial charge on any atom is 0.259 e. The first-order valence-electron chi connectivity index (χ1n) is 13.9. The fraction of sp³-hybridized carbons (Fsp3) is 0.387. The van der Waals surface area contributed by atoms with Crippen molar-refractivity contribution >= 4 is 21.8 Å². The number of aliphatic hydroxyl groups is 1. The predicted molar refractivity (Wildman–Crippen MR) is 162 cm³/mol. The van der Waals surface area contributed by atoms with Crippen LogP contribution in [-0.4, -0.2) is 105 Å². The molecule has 43 heavy (non-hydrogen) atoms. The van der Waals surface area contributed by atoms with Crippen LogP contribution >= 0.6 is 0 Å². The van der Waals surface area contributed by atoms with Crippen molar-refractivity contribution in [2.24, 2.45) is 5.92 Å². The van der Waals surface area contributed by atoms with Gasteiger partial charge in [-0.25, -0.2) is 13.4 Å². The van der Waals surface area contributed by atoms with Gasteiger partial charge in [0, 0.05) is 57.0 Å². The molecule has 1 N–H and O–H groups in total. The highest BCUT2D eigenvalue weighted by molar-refractivity contribution is 7.89. The molecule has 0 fully saturated rings. The Bertz CT molecular complexity index is 1590. The van der Waals surface area contributed by atoms with Crippen molar-refractivity contribution in [1.29, 1.82) is 0 Å². The lowest BCUT2D eigenvalue weighted by atomic mass is 9.99. The summed E-state index contributed by atoms with van der Waals surface area (Å²) in [5.74, 6) is -0.359. The van der Waals surface area contributed by atoms with Crippen molar-refractivity contribution in [3.05, 3.63) is 71.9 Å². The summed E-state index contributed by atoms with van der Waals surface area (Å²) in [7, 11) is 2.39. The first-order valence-corrected chi connectivity index (χ1v) is 15.3. The Kier molecular flexibility index (Phi) is 9.73. The van der Waals surface area contributed by atoms with Crippen molar-refractivity contribution in [3.8, 4) is 22.8 Å². The normalized spacial score (nSPS) is 17.9. The molecule has 0 radical (unpaired) electrons. The molecule has 0 saturated heterocycles. The largest absolute Gasteiger partial charge is 0.497 e. The zero-order valence-corrected chi connectivity index (χ0v) is 26.0. The van der Waals surface area contributed by atoms with Gasteiger partial charge in [0.2, 0.25) is 15.9 Å². The van der Waals surface area contributed by atoms with Crippen LogP contribution in [0.2, 0.25) is 0 Å². The van der Waals surface area contributed by atoms with E-state index >= 15 is 0 Å². The van der Waals surface area contributed by atoms with Crippen molar-refractivity contribution in [2.45, 2.75) is 30.9 Å². The van der Waals surface area contributed by atoms with Gasteiger partial charge in [-0.3, -0.25) is 9.59 Å². The number of benzene rings is 2. The summed E-state index contributed by atoms with van der Waals surface area (Å²) in [5.41, 5.74) is 1.95. The van der Waals surface area contributed by atoms with Crippen molar-refractivity contribution < 1.29 is 32.6 Å². The SMILES string of the molecule is COc1cccc(S(=O)(=O)N(C)C[C@H]2Oc3ncc(-c4cccc(C(=O)N(C)C)c4)cc3C(=O)N([C@@H](C)CO)C[C@H]2C)c1. The van der Waals surface area contributed by atoms with E-state index in [1.165, 1.54) is 35.5 Å². The third-order valence-corrected chi connectivity index (χ3v) is 9.38. The van der Waals surface area contributed by atoms with E-state index in [-0.39, 0.29) is 53.8 Å². The standard InChI is InChI=1S/C31H38N4O7S/c1-20-17-35(21(2)19-36)31(38)27-14-24(22-9-7-10-23(13-22)30(37)33(3)4)16-32-29(27)42-28(20)18-34(5)43(39,40)26-12-8-11-25(15-26)41-6/h7-16,20-21,28,36H,17-19H2,1-6H3/t20-,21+,28-/m1/s1. The predicted octanol–water partition coefficient (Wildman–Crippen LogP) is 3.00. The van der Waals surface area contributed by atoms with Gasteiger partial charge in [0.25, 0.3) is 11.8 Å². The number of methoxy groups -OCH3 is 1. The molecule has 0 spiro atoms. The second-order valence-corrected chi connectivity index (χ2v) is 13.0. The lowest BCUT2D eigenvalue weighted by Gasteiger charge is -2.37. The van der Waals surface area contributed by atoms with Crippen molar-refractivity contribution in [3.63, 3.8) is 0 Å². The van der Waals surface area contributed by atoms with E-state index in [0.29, 0.717) is 22.4 Å². The number of sulfonamides is 1. The fourth-order valence-corrected chi connectivity index (χ4v) is 6.08. The number of fused-ring (bicyclic) bond motifs is 1. The van der Waals surface area contributed by atoms with E-state index < -0.39 is 22.2 Å². The van der Waals surface area contributed by atoms with Gasteiger partial charge in [-0.2, -0.15) is 4.31 Å². The minimum Gasteiger partial charge on any atom is -0.497 e. The number of carbonyl (C=O) groups excluding carboxylic acids is 2. The van der Waals surface area contributed by atoms with Gasteiger partial charge in [0.1, 0.15) is 17.4 Å². The molecular weight excluding hydrogens is 572 g/mol. The molecule has 2 amide bonds. The number of aliphatic hydroxyl groups excluding tert-OH is 1. The number of pyridine rings is 1. The lowest BCUT2D eigenvalue weighted by Crippen LogP contribution is -2.50. The number of amides is 2. The summed E-state index contributed by atoms with van der Waals surface area (Å²) in [6, 6.07) is 14.4. The minimum absolute atomic E-state index is 0.0200. The highest BCUT2D eigenvalue weighted by Gasteiger charge is 2.36. The smallest absolute Gasteiger partial charge is 0.259 e. The number of nitrogens with zero attached hydrogens (tertiary/aromatic N) is 4. The Labute approximate surface area is 252 Å². The van der Waals surface area contributed by atoms with Gasteiger partial charge >= 0.3 is 0 Å². The fourth-order valence-electron chi connectivity index (χ4n) is 4.86. The van der Waals surface area contributed by atoms with E-state index in [2.05, 4.69) is 4.98 Å². The molecule has 0 aliphatic carbocycles. The van der Waals surface area contributed by atoms with Crippen LogP contribution in [0.15, 0.2) is 65.7 Å². The number of aromatic nitrogens is 1. The van der Waals surface area contributed by atoms with Gasteiger partial charge in [-0.05, 0) is 42.8 Å². The second-order valence-electron chi connectivity index (χ2n) is 10.9. The number of hydrogen-bond donors (Lipinski definition) is 1. The van der Waals surface area contributed by atoms with Crippen molar-refractivity contribution in [2.75, 3.05) is 47.9 Å². The van der Waals surface area contributed by atoms with Crippen LogP contribution in [0.25, 0.3) is 11.1 Å². The van der Waals surface area contributed by atoms with Crippen LogP contribution in [0.3, 0.4) is 0 Å². The highest BCUT2D eigenvalue weighted by atomic mass is 32.2. The molecule has 3 atom stereocenters. The molecule has 0 bridgehead atoms. The average molecular weight is 611 g/mol. The number of ether oxygens (including phenoxy) is 2. The van der Waals surface area contributed by atoms with Gasteiger partial charge in [-0.1, -0.05) is 25.1 Å². The minimum atomic E-state index is -3.90. The Morgan fingerprint density at radius 1 is 1.14 bits per heavy atom. The summed E-state index contributed by atoms with van der Waals surface area (Å²) in [6.45, 7) is 3.55. The average Bonchev–Trinajstić information content (AvgIpc) is 3.01. The summed E-state index contributed by atoms with van der Waals surface area (Å²) in [5, 5.41) is 9.97. The third-order valence-electron chi connectivity index (χ3n) is 7.56. The maximum absolute atomic E-state index is 13.8. The molecular formula is C31H38N4O7S. The molecule has 2 aromatic carbocycles. The van der Waals surface area contributed by atoms with E-state index in [9.17, 15) is 23.1 Å². The van der Waals surface area contributed by atoms with E-state index in [4.69, 9.17) is 9.47 Å². The summed E-state index contributed by atoms with van der Waals surface area (Å²) in [4.78, 5) is 34.0. The maximum atomic E-state index is 13.8. The molecule has 12 heteroatoms. The van der Waals surface area contributed by atoms with E-state index in [0.717, 1.165) is 0 Å². The van der Waals surface area contributed by atoms with Crippen LogP contribution in [0.5, 0.6) is 11.6 Å². The summed E-state index contributed by atoms with van der Waals surface area (Å²) in [6.07, 6.45) is 0.885. The van der Waals surface area contributed by atoms with Crippen LogP contribution in [-0.2, 0) is 10.0 Å². The van der Waals surface area contributed by atoms with E-state index in [1.54, 1.807) is 68.5 Å². The molecule has 11 nitrogen and oxygen atoms in total. The van der Waals surface area contributed by atoms with E-state index in [1.807, 2.05) is 13.0 Å². The topological polar surface area (TPSA) is 130 Å². The number of likely N-dealkylation sites (N-methyl/N-ethyl adjacent to an activating group) is 1. The molecule has 230 valence electrons. The van der Waals surface area contributed by atoms with Gasteiger partial charge in [-0.15, -0.1) is 0 Å². The summed E-state index contributed by atoms with van der Waals surface area (Å²) >= 11 is 0. The number of rotatable bonds is 9. The molecule has 4 rings (SSSR count). The zero-order chi connectivity index (χ0) is 31.5. The molecule has 0 unspecified atom stereocenters. The molecule has 3 aromatic rings. The zero-order valence-electron chi connectivity index (χ0n) is 25.2. The molecule has 2 heterocycles. The lowest BCUT2D eigenvalue weighted by molar-refractivity contribution is 0.0373. The molecule has 0 saturated carbocycles. The Morgan fingerprint density at radius 3 is 2.53 bits per heavy atom. The summed E-state index contributed by atoms with van der Waals surface area (Å²) < 4.78 is 39.6. The van der Waals surface area contributed by atoms with Crippen LogP contribution in [0, 0.1) is 5.92 Å². The Morgan fingerprint density at radius 2 is 1.86 bits per heavy atom. The monoisotopic (exact) mass is 610 g/mol. The first-order chi connectivity index (χ1) is 20.4. The molecule has 1 aromatic heterocycles. The quantitative estimate of drug-likeness (QED) is 0.392. The van der Waals surface area contributed by atoms with Crippen LogP contribution in [0.4, 0.5) is 0 Å². The highest BCUT2D eigenvalue weighted by Crippen LogP contribution is 2.31. The first kappa shape index (κ1) is 31.9. The van der Waals surface area contributed by atoms with Gasteiger partial charge < -0.3 is 24.4 Å². The van der Waals surface area contributed by atoms with Crippen molar-refractivity contribution in [1.82, 2.24) is 19.1 Å². The van der Waals surface area contributed by atoms with Gasteiger partial charge in [0.15, 0.2) is 0 Å². The third kappa shape index (κ3) is 6.82. The van der Waals surface area contributed by atoms with Crippen LogP contribution in [0.1, 0.15) is 34.6 Å². The molecule has 1 aliphatic rings. The second kappa shape index (κ2) is 13.1. The number of hydrogen-bond acceptors (Lipinski definition) is 8. The Hall–Kier alpha value is -4.00. The Balaban J connectivity index is 1.72. The van der Waals surface area contributed by atoms with Gasteiger partial charge in [0.05, 0.1) is 31.2 Å². The van der Waals surface area contributed by atoms with Crippen LogP contribution < -0.4 is 9.47 Å². The number of carbonyl (C=O) groups is 2.